The lowest BCUT2D eigenvalue weighted by atomic mass is 9.89. The van der Waals surface area contributed by atoms with E-state index < -0.39 is 116 Å². The number of thioether (sulfide) groups is 1. The lowest BCUT2D eigenvalue weighted by Gasteiger charge is -2.38. The van der Waals surface area contributed by atoms with Crippen LogP contribution in [0.5, 0.6) is 0 Å². The summed E-state index contributed by atoms with van der Waals surface area (Å²) in [6.45, 7) is 2.87. The number of cyclic esters (lactones) is 1. The van der Waals surface area contributed by atoms with E-state index >= 15 is 0 Å². The highest BCUT2D eigenvalue weighted by Crippen LogP contribution is 2.26. The van der Waals surface area contributed by atoms with Gasteiger partial charge < -0.3 is 81.1 Å². The number of allylic oxidation sites excluding steroid dienone is 12. The van der Waals surface area contributed by atoms with Crippen molar-refractivity contribution in [2.24, 2.45) is 17.6 Å². The minimum Gasteiger partial charge on any atom is -0.462 e. The number of amides is 1. The molecule has 16 atom stereocenters. The van der Waals surface area contributed by atoms with E-state index in [0.29, 0.717) is 5.75 Å². The topological polar surface area (TPSA) is 311 Å². The third kappa shape index (κ3) is 25.2. The van der Waals surface area contributed by atoms with Crippen LogP contribution in [0, 0.1) is 11.8 Å². The van der Waals surface area contributed by atoms with Crippen molar-refractivity contribution in [3.8, 4) is 0 Å². The van der Waals surface area contributed by atoms with Gasteiger partial charge in [-0.05, 0) is 45.3 Å². The molecule has 68 heavy (non-hydrogen) atoms. The van der Waals surface area contributed by atoms with Crippen molar-refractivity contribution >= 4 is 23.6 Å². The molecule has 388 valence electrons. The van der Waals surface area contributed by atoms with Gasteiger partial charge in [0.15, 0.2) is 6.29 Å². The first kappa shape index (κ1) is 61.0. The van der Waals surface area contributed by atoms with E-state index in [1.54, 1.807) is 49.5 Å². The number of aliphatic hydroxyl groups excluding tert-OH is 10. The van der Waals surface area contributed by atoms with E-state index in [2.05, 4.69) is 5.32 Å². The van der Waals surface area contributed by atoms with Gasteiger partial charge in [0.05, 0.1) is 86.0 Å². The Morgan fingerprint density at radius 2 is 1.37 bits per heavy atom. The van der Waals surface area contributed by atoms with E-state index in [4.69, 9.17) is 24.7 Å². The van der Waals surface area contributed by atoms with Gasteiger partial charge >= 0.3 is 5.97 Å². The summed E-state index contributed by atoms with van der Waals surface area (Å²) in [6.07, 6.45) is 10.2. The molecule has 1 fully saturated rings. The molecule has 1 saturated heterocycles. The Morgan fingerprint density at radius 3 is 1.99 bits per heavy atom. The highest BCUT2D eigenvalue weighted by molar-refractivity contribution is 7.98. The number of carbonyl (C=O) groups is 2. The monoisotopic (exact) mass is 985 g/mol. The quantitative estimate of drug-likeness (QED) is 0.106. The standard InChI is InChI=1S/C49H80N2O16S/c1-32-16-14-12-10-8-6-4-5-7-9-11-13-15-17-37(67-49-47(62)46(50)42(60)31-65-49)30-43(45(39(57)20-23-52)48(63)51-22-25-68-3)64-24-21-35(54)28-41(59)38(56)19-18-34(53)27-36(55)29-44(61)66-33(2)26-40(32)58/h4-17,32-43,45-47,49,52-60,62H,18-31,50H2,1-3H3,(H,51,63)/b5-4+,8-6+,9-7+,12-10+,13-11+,16-14+,17-15+/t32-,33-,34?,35?,36?,37?,38?,39-,40-,41?,42+,43-,45+,46-,47-,49-/m0/s1. The van der Waals surface area contributed by atoms with Crippen molar-refractivity contribution in [3.05, 3.63) is 85.1 Å². The van der Waals surface area contributed by atoms with Crippen molar-refractivity contribution in [2.45, 2.75) is 157 Å². The van der Waals surface area contributed by atoms with Crippen molar-refractivity contribution in [3.63, 3.8) is 0 Å². The molecular weight excluding hydrogens is 905 g/mol. The van der Waals surface area contributed by atoms with Crippen LogP contribution >= 0.6 is 11.8 Å². The lowest BCUT2D eigenvalue weighted by Crippen LogP contribution is -2.58. The molecule has 0 radical (unpaired) electrons. The normalized spacial score (nSPS) is 37.5. The first-order chi connectivity index (χ1) is 32.5. The summed E-state index contributed by atoms with van der Waals surface area (Å²) in [4.78, 5) is 26.3. The van der Waals surface area contributed by atoms with E-state index in [0.717, 1.165) is 0 Å². The fourth-order valence-electron chi connectivity index (χ4n) is 7.37. The fourth-order valence-corrected chi connectivity index (χ4v) is 7.68. The zero-order chi connectivity index (χ0) is 50.4. The van der Waals surface area contributed by atoms with Crippen LogP contribution in [0.25, 0.3) is 0 Å². The molecule has 0 saturated carbocycles. The molecule has 1 amide bonds. The van der Waals surface area contributed by atoms with Crippen molar-refractivity contribution in [1.29, 1.82) is 0 Å². The molecule has 19 heteroatoms. The molecule has 2 heterocycles. The van der Waals surface area contributed by atoms with Crippen LogP contribution in [0.1, 0.15) is 71.6 Å². The Labute approximate surface area is 405 Å². The van der Waals surface area contributed by atoms with Gasteiger partial charge in [-0.15, -0.1) is 0 Å². The summed E-state index contributed by atoms with van der Waals surface area (Å²) in [5.41, 5.74) is 6.02. The van der Waals surface area contributed by atoms with Crippen molar-refractivity contribution in [1.82, 2.24) is 5.32 Å². The molecule has 0 aromatic heterocycles. The molecule has 18 nitrogen and oxygen atoms in total. The smallest absolute Gasteiger partial charge is 0.308 e. The second kappa shape index (κ2) is 35.1. The van der Waals surface area contributed by atoms with Gasteiger partial charge in [0.2, 0.25) is 5.91 Å². The number of carbonyl (C=O) groups excluding carboxylic acids is 2. The van der Waals surface area contributed by atoms with Crippen molar-refractivity contribution in [2.75, 3.05) is 38.4 Å². The Bertz CT molecular complexity index is 1610. The minimum absolute atomic E-state index is 0.0437. The summed E-state index contributed by atoms with van der Waals surface area (Å²) < 4.78 is 23.4. The summed E-state index contributed by atoms with van der Waals surface area (Å²) in [7, 11) is 0. The number of nitrogens with two attached hydrogens (primary N) is 1. The maximum absolute atomic E-state index is 13.8. The lowest BCUT2D eigenvalue weighted by molar-refractivity contribution is -0.255. The number of esters is 1. The molecule has 0 spiro atoms. The minimum atomic E-state index is -1.44. The van der Waals surface area contributed by atoms with Gasteiger partial charge in [0.1, 0.15) is 12.2 Å². The van der Waals surface area contributed by atoms with E-state index in [1.165, 1.54) is 11.8 Å². The van der Waals surface area contributed by atoms with Crippen LogP contribution in [0.15, 0.2) is 85.1 Å². The average Bonchev–Trinajstić information content (AvgIpc) is 3.27. The number of nitrogens with one attached hydrogen (secondary N) is 1. The van der Waals surface area contributed by atoms with Crippen LogP contribution in [0.2, 0.25) is 0 Å². The molecule has 0 aromatic rings. The average molecular weight is 985 g/mol. The Balaban J connectivity index is 2.43. The third-order valence-electron chi connectivity index (χ3n) is 11.4. The van der Waals surface area contributed by atoms with E-state index in [-0.39, 0.29) is 77.0 Å². The molecule has 0 bridgehead atoms. The summed E-state index contributed by atoms with van der Waals surface area (Å²) >= 11 is 1.50. The maximum atomic E-state index is 13.8. The van der Waals surface area contributed by atoms with Gasteiger partial charge in [0.25, 0.3) is 0 Å². The maximum Gasteiger partial charge on any atom is 0.308 e. The highest BCUT2D eigenvalue weighted by atomic mass is 32.2. The molecular formula is C49H80N2O16S. The number of aliphatic hydroxyl groups is 10. The zero-order valence-electron chi connectivity index (χ0n) is 39.6. The summed E-state index contributed by atoms with van der Waals surface area (Å²) in [5.74, 6) is -2.21. The second-order valence-electron chi connectivity index (χ2n) is 17.3. The van der Waals surface area contributed by atoms with Crippen molar-refractivity contribution < 1.29 is 79.6 Å². The van der Waals surface area contributed by atoms with Crippen LogP contribution in [0.3, 0.4) is 0 Å². The second-order valence-corrected chi connectivity index (χ2v) is 18.3. The molecule has 0 aromatic carbocycles. The molecule has 2 rings (SSSR count). The predicted octanol–water partition coefficient (Wildman–Crippen LogP) is 0.762. The highest BCUT2D eigenvalue weighted by Gasteiger charge is 2.41. The fraction of sp³-hybridized carbons (Fsp3) is 0.673. The van der Waals surface area contributed by atoms with Gasteiger partial charge in [-0.1, -0.05) is 92.0 Å². The van der Waals surface area contributed by atoms with Gasteiger partial charge in [-0.25, -0.2) is 0 Å². The van der Waals surface area contributed by atoms with Crippen LogP contribution in [0.4, 0.5) is 0 Å². The van der Waals surface area contributed by atoms with Gasteiger partial charge in [-0.3, -0.25) is 9.59 Å². The van der Waals surface area contributed by atoms with Gasteiger partial charge in [0, 0.05) is 50.7 Å². The molecule has 0 aliphatic carbocycles. The molecule has 6 unspecified atom stereocenters. The Kier molecular flexibility index (Phi) is 31.5. The predicted molar refractivity (Wildman–Crippen MR) is 259 cm³/mol. The van der Waals surface area contributed by atoms with Gasteiger partial charge in [-0.2, -0.15) is 11.8 Å². The van der Waals surface area contributed by atoms with E-state index in [1.807, 2.05) is 55.7 Å². The first-order valence-electron chi connectivity index (χ1n) is 23.5. The van der Waals surface area contributed by atoms with Crippen LogP contribution in [-0.4, -0.2) is 187 Å². The van der Waals surface area contributed by atoms with Crippen LogP contribution in [-0.2, 0) is 28.5 Å². The SMILES string of the molecule is CSCCNC(=O)[C@@H]([C@@H]1CC(O[C@@H]2OC[C@@H](O)[C@H](N)[C@@H]2O)/C=C/C=C/C=C/C=C/C=C/C=C/C=C/[C@H](C)[C@@H](O)C[C@H](C)OC(=O)CC(O)CC(O)CCC(O)C(O)CC(O)CCO1)[C@@H](O)CCO. The number of hydrogen-bond donors (Lipinski definition) is 12. The van der Waals surface area contributed by atoms with Crippen LogP contribution < -0.4 is 11.1 Å². The first-order valence-corrected chi connectivity index (χ1v) is 24.9. The molecule has 2 aliphatic rings. The third-order valence-corrected chi connectivity index (χ3v) is 12.0. The molecule has 13 N–H and O–H groups in total. The summed E-state index contributed by atoms with van der Waals surface area (Å²) in [6, 6.07) is -1.09. The van der Waals surface area contributed by atoms with E-state index in [9.17, 15) is 60.7 Å². The number of ether oxygens (including phenoxy) is 4. The Morgan fingerprint density at radius 1 is 0.765 bits per heavy atom. The molecule has 2 aliphatic heterocycles. The number of rotatable bonds is 10. The summed E-state index contributed by atoms with van der Waals surface area (Å²) in [5, 5.41) is 109. The largest absolute Gasteiger partial charge is 0.462 e. The Hall–Kier alpha value is -3.09. The zero-order valence-corrected chi connectivity index (χ0v) is 40.4. The number of hydrogen-bond acceptors (Lipinski definition) is 18.